The Morgan fingerprint density at radius 2 is 2.07 bits per heavy atom. The van der Waals surface area contributed by atoms with Crippen LogP contribution in [0, 0.1) is 0 Å². The summed E-state index contributed by atoms with van der Waals surface area (Å²) in [4.78, 5) is 15.5. The van der Waals surface area contributed by atoms with Crippen LogP contribution in [-0.4, -0.2) is 59.1 Å². The SMILES string of the molecule is CCNC(=NCCCc1nc2ccccc2[nH]1)NC1CCN(C2CCCC2)C1.I. The number of para-hydroxylation sites is 2. The van der Waals surface area contributed by atoms with Crippen LogP contribution in [-0.2, 0) is 6.42 Å². The largest absolute Gasteiger partial charge is 0.357 e. The highest BCUT2D eigenvalue weighted by atomic mass is 127. The summed E-state index contributed by atoms with van der Waals surface area (Å²) in [6.45, 7) is 6.23. The fourth-order valence-corrected chi connectivity index (χ4v) is 4.58. The van der Waals surface area contributed by atoms with Crippen LogP contribution in [0.5, 0.6) is 0 Å². The van der Waals surface area contributed by atoms with Crippen molar-refractivity contribution in [2.75, 3.05) is 26.2 Å². The van der Waals surface area contributed by atoms with Crippen LogP contribution in [0.15, 0.2) is 29.3 Å². The van der Waals surface area contributed by atoms with Gasteiger partial charge in [0.2, 0.25) is 0 Å². The molecular formula is C22H35IN6. The van der Waals surface area contributed by atoms with Crippen molar-refractivity contribution in [3.8, 4) is 0 Å². The number of hydrogen-bond acceptors (Lipinski definition) is 3. The Morgan fingerprint density at radius 1 is 1.24 bits per heavy atom. The zero-order chi connectivity index (χ0) is 19.2. The third-order valence-corrected chi connectivity index (χ3v) is 6.03. The van der Waals surface area contributed by atoms with Crippen LogP contribution >= 0.6 is 24.0 Å². The molecule has 1 aliphatic heterocycles. The Balaban J connectivity index is 0.00000240. The number of aromatic nitrogens is 2. The number of hydrogen-bond donors (Lipinski definition) is 3. The van der Waals surface area contributed by atoms with E-state index in [1.165, 1.54) is 38.6 Å². The zero-order valence-electron chi connectivity index (χ0n) is 17.5. The van der Waals surface area contributed by atoms with Crippen LogP contribution in [0.1, 0.15) is 51.3 Å². The summed E-state index contributed by atoms with van der Waals surface area (Å²) in [7, 11) is 0. The van der Waals surface area contributed by atoms with Gasteiger partial charge >= 0.3 is 0 Å². The Labute approximate surface area is 191 Å². The highest BCUT2D eigenvalue weighted by Gasteiger charge is 2.30. The van der Waals surface area contributed by atoms with Gasteiger partial charge < -0.3 is 15.6 Å². The van der Waals surface area contributed by atoms with Gasteiger partial charge in [0.05, 0.1) is 11.0 Å². The van der Waals surface area contributed by atoms with E-state index < -0.39 is 0 Å². The van der Waals surface area contributed by atoms with Crippen molar-refractivity contribution >= 4 is 41.0 Å². The van der Waals surface area contributed by atoms with Gasteiger partial charge in [0.25, 0.3) is 0 Å². The van der Waals surface area contributed by atoms with Gasteiger partial charge in [-0.3, -0.25) is 9.89 Å². The smallest absolute Gasteiger partial charge is 0.191 e. The predicted molar refractivity (Wildman–Crippen MR) is 131 cm³/mol. The summed E-state index contributed by atoms with van der Waals surface area (Å²) in [6.07, 6.45) is 8.75. The minimum Gasteiger partial charge on any atom is -0.357 e. The molecule has 6 nitrogen and oxygen atoms in total. The molecule has 1 aromatic carbocycles. The number of guanidine groups is 1. The molecule has 0 bridgehead atoms. The fourth-order valence-electron chi connectivity index (χ4n) is 4.58. The van der Waals surface area contributed by atoms with E-state index in [4.69, 9.17) is 4.99 Å². The summed E-state index contributed by atoms with van der Waals surface area (Å²) < 4.78 is 0. The lowest BCUT2D eigenvalue weighted by molar-refractivity contribution is 0.242. The maximum atomic E-state index is 4.80. The highest BCUT2D eigenvalue weighted by molar-refractivity contribution is 14.0. The van der Waals surface area contributed by atoms with Gasteiger partial charge in [0.1, 0.15) is 5.82 Å². The first-order chi connectivity index (χ1) is 13.8. The Kier molecular flexibility index (Phi) is 8.59. The number of aryl methyl sites for hydroxylation is 1. The zero-order valence-corrected chi connectivity index (χ0v) is 19.8. The van der Waals surface area contributed by atoms with Crippen LogP contribution in [0.3, 0.4) is 0 Å². The molecule has 1 aliphatic carbocycles. The Bertz CT molecular complexity index is 749. The third kappa shape index (κ3) is 6.07. The van der Waals surface area contributed by atoms with Crippen LogP contribution < -0.4 is 10.6 Å². The minimum absolute atomic E-state index is 0. The molecule has 1 saturated heterocycles. The lowest BCUT2D eigenvalue weighted by Crippen LogP contribution is -2.45. The normalized spacial score (nSPS) is 20.9. The van der Waals surface area contributed by atoms with E-state index in [2.05, 4.69) is 44.6 Å². The lowest BCUT2D eigenvalue weighted by Gasteiger charge is -2.24. The van der Waals surface area contributed by atoms with E-state index in [-0.39, 0.29) is 24.0 Å². The monoisotopic (exact) mass is 510 g/mol. The van der Waals surface area contributed by atoms with Gasteiger partial charge in [-0.15, -0.1) is 24.0 Å². The first-order valence-corrected chi connectivity index (χ1v) is 11.0. The second-order valence-corrected chi connectivity index (χ2v) is 8.13. The van der Waals surface area contributed by atoms with Crippen LogP contribution in [0.2, 0.25) is 0 Å². The Morgan fingerprint density at radius 3 is 2.86 bits per heavy atom. The van der Waals surface area contributed by atoms with E-state index in [1.54, 1.807) is 0 Å². The summed E-state index contributed by atoms with van der Waals surface area (Å²) in [6, 6.07) is 9.55. The molecule has 4 rings (SSSR count). The first kappa shape index (κ1) is 22.3. The second-order valence-electron chi connectivity index (χ2n) is 8.13. The molecule has 0 spiro atoms. The van der Waals surface area contributed by atoms with Gasteiger partial charge in [0, 0.05) is 44.7 Å². The molecule has 2 aromatic rings. The van der Waals surface area contributed by atoms with Crippen molar-refractivity contribution in [2.24, 2.45) is 4.99 Å². The molecule has 0 amide bonds. The van der Waals surface area contributed by atoms with Gasteiger partial charge in [-0.05, 0) is 44.7 Å². The number of fused-ring (bicyclic) bond motifs is 1. The summed E-state index contributed by atoms with van der Waals surface area (Å²) in [5, 5.41) is 7.08. The third-order valence-electron chi connectivity index (χ3n) is 6.03. The van der Waals surface area contributed by atoms with E-state index in [9.17, 15) is 0 Å². The maximum absolute atomic E-state index is 4.80. The van der Waals surface area contributed by atoms with Crippen molar-refractivity contribution in [1.82, 2.24) is 25.5 Å². The van der Waals surface area contributed by atoms with Gasteiger partial charge in [-0.1, -0.05) is 25.0 Å². The molecule has 160 valence electrons. The summed E-state index contributed by atoms with van der Waals surface area (Å²) >= 11 is 0. The number of aromatic amines is 1. The molecule has 3 N–H and O–H groups in total. The number of H-pyrrole nitrogens is 1. The fraction of sp³-hybridized carbons (Fsp3) is 0.636. The number of benzene rings is 1. The molecule has 0 radical (unpaired) electrons. The second kappa shape index (κ2) is 11.2. The topological polar surface area (TPSA) is 68.3 Å². The number of nitrogens with one attached hydrogen (secondary N) is 3. The van der Waals surface area contributed by atoms with Crippen molar-refractivity contribution < 1.29 is 0 Å². The van der Waals surface area contributed by atoms with Crippen molar-refractivity contribution in [3.05, 3.63) is 30.1 Å². The maximum Gasteiger partial charge on any atom is 0.191 e. The quantitative estimate of drug-likeness (QED) is 0.230. The highest BCUT2D eigenvalue weighted by Crippen LogP contribution is 2.26. The minimum atomic E-state index is 0. The molecule has 1 atom stereocenters. The van der Waals surface area contributed by atoms with Gasteiger partial charge in [-0.2, -0.15) is 0 Å². The van der Waals surface area contributed by atoms with Gasteiger partial charge in [-0.25, -0.2) is 4.98 Å². The number of aliphatic imine (C=N–C) groups is 1. The number of likely N-dealkylation sites (tertiary alicyclic amines) is 1. The average molecular weight is 510 g/mol. The van der Waals surface area contributed by atoms with E-state index >= 15 is 0 Å². The molecular weight excluding hydrogens is 475 g/mol. The number of halogens is 1. The lowest BCUT2D eigenvalue weighted by atomic mass is 10.2. The number of rotatable bonds is 7. The van der Waals surface area contributed by atoms with E-state index in [0.717, 1.165) is 61.3 Å². The predicted octanol–water partition coefficient (Wildman–Crippen LogP) is 3.69. The standard InChI is InChI=1S/C22H34N6.HI/c1-2-23-22(25-17-13-15-28(16-17)18-8-3-4-9-18)24-14-7-12-21-26-19-10-5-6-11-20(19)27-21;/h5-6,10-11,17-18H,2-4,7-9,12-16H2,1H3,(H,26,27)(H2,23,24,25);1H. The summed E-state index contributed by atoms with van der Waals surface area (Å²) in [5.74, 6) is 2.02. The molecule has 2 heterocycles. The average Bonchev–Trinajstić information content (AvgIpc) is 3.44. The van der Waals surface area contributed by atoms with Crippen LogP contribution in [0.4, 0.5) is 0 Å². The Hall–Kier alpha value is -1.35. The molecule has 1 saturated carbocycles. The number of nitrogens with zero attached hydrogens (tertiary/aromatic N) is 3. The molecule has 2 fully saturated rings. The van der Waals surface area contributed by atoms with Gasteiger partial charge in [0.15, 0.2) is 5.96 Å². The molecule has 29 heavy (non-hydrogen) atoms. The van der Waals surface area contributed by atoms with Crippen molar-refractivity contribution in [1.29, 1.82) is 0 Å². The summed E-state index contributed by atoms with van der Waals surface area (Å²) in [5.41, 5.74) is 2.16. The van der Waals surface area contributed by atoms with Crippen molar-refractivity contribution in [3.63, 3.8) is 0 Å². The first-order valence-electron chi connectivity index (χ1n) is 11.0. The molecule has 7 heteroatoms. The van der Waals surface area contributed by atoms with Crippen molar-refractivity contribution in [2.45, 2.75) is 64.0 Å². The van der Waals surface area contributed by atoms with Crippen LogP contribution in [0.25, 0.3) is 11.0 Å². The number of imidazole rings is 1. The molecule has 1 unspecified atom stereocenters. The van der Waals surface area contributed by atoms with E-state index in [1.807, 2.05) is 12.1 Å². The molecule has 2 aliphatic rings. The van der Waals surface area contributed by atoms with E-state index in [0.29, 0.717) is 6.04 Å². The molecule has 1 aromatic heterocycles.